The fraction of sp³-hybridized carbons (Fsp3) is 0.348. The lowest BCUT2D eigenvalue weighted by Crippen LogP contribution is -2.23. The van der Waals surface area contributed by atoms with Crippen LogP contribution >= 0.6 is 0 Å². The Bertz CT molecular complexity index is 1100. The molecule has 4 rings (SSSR count). The van der Waals surface area contributed by atoms with E-state index in [0.29, 0.717) is 23.9 Å². The molecule has 2 amide bonds. The number of anilines is 2. The van der Waals surface area contributed by atoms with Gasteiger partial charge in [-0.25, -0.2) is 9.97 Å². The topological polar surface area (TPSA) is 102 Å². The van der Waals surface area contributed by atoms with Crippen LogP contribution in [0.3, 0.4) is 0 Å². The molecule has 1 saturated heterocycles. The largest absolute Gasteiger partial charge is 0.484 e. The van der Waals surface area contributed by atoms with Gasteiger partial charge in [0.25, 0.3) is 11.9 Å². The maximum atomic E-state index is 12.6. The van der Waals surface area contributed by atoms with Crippen LogP contribution in [0.2, 0.25) is 0 Å². The molecule has 166 valence electrons. The summed E-state index contributed by atoms with van der Waals surface area (Å²) in [5.74, 6) is 1.18. The van der Waals surface area contributed by atoms with E-state index in [1.807, 2.05) is 39.0 Å². The van der Waals surface area contributed by atoms with E-state index in [-0.39, 0.29) is 23.8 Å². The molecule has 2 aromatic heterocycles. The number of amides is 2. The minimum atomic E-state index is -0.332. The Morgan fingerprint density at radius 1 is 1.16 bits per heavy atom. The van der Waals surface area contributed by atoms with Crippen LogP contribution in [0.4, 0.5) is 11.5 Å². The highest BCUT2D eigenvalue weighted by Crippen LogP contribution is 2.26. The van der Waals surface area contributed by atoms with Gasteiger partial charge in [-0.3, -0.25) is 9.59 Å². The number of nitrogens with zero attached hydrogens (tertiary/aromatic N) is 5. The van der Waals surface area contributed by atoms with Crippen LogP contribution in [0.1, 0.15) is 39.3 Å². The molecule has 0 spiro atoms. The van der Waals surface area contributed by atoms with E-state index in [1.54, 1.807) is 35.5 Å². The van der Waals surface area contributed by atoms with Crippen LogP contribution in [0.15, 0.2) is 48.8 Å². The zero-order valence-corrected chi connectivity index (χ0v) is 18.4. The fourth-order valence-electron chi connectivity index (χ4n) is 3.36. The van der Waals surface area contributed by atoms with Crippen molar-refractivity contribution in [2.24, 2.45) is 0 Å². The molecule has 0 aliphatic carbocycles. The molecule has 0 atom stereocenters. The normalized spacial score (nSPS) is 14.0. The number of hydrogen-bond acceptors (Lipinski definition) is 6. The van der Waals surface area contributed by atoms with Gasteiger partial charge in [-0.05, 0) is 36.8 Å². The molecule has 0 bridgehead atoms. The summed E-state index contributed by atoms with van der Waals surface area (Å²) in [6.07, 6.45) is 4.70. The van der Waals surface area contributed by atoms with Gasteiger partial charge >= 0.3 is 0 Å². The van der Waals surface area contributed by atoms with Crippen molar-refractivity contribution in [3.8, 4) is 11.7 Å². The van der Waals surface area contributed by atoms with Crippen LogP contribution in [0.25, 0.3) is 5.95 Å². The van der Waals surface area contributed by atoms with Gasteiger partial charge in [0.1, 0.15) is 11.6 Å². The molecule has 32 heavy (non-hydrogen) atoms. The highest BCUT2D eigenvalue weighted by Gasteiger charge is 2.23. The summed E-state index contributed by atoms with van der Waals surface area (Å²) in [5.41, 5.74) is 1.42. The molecule has 0 unspecified atom stereocenters. The van der Waals surface area contributed by atoms with Crippen molar-refractivity contribution in [3.63, 3.8) is 0 Å². The first-order chi connectivity index (χ1) is 15.3. The molecule has 0 saturated carbocycles. The number of aromatic nitrogens is 4. The van der Waals surface area contributed by atoms with Crippen molar-refractivity contribution >= 4 is 23.3 Å². The molecule has 9 nitrogen and oxygen atoms in total. The molecule has 1 N–H and O–H groups in total. The lowest BCUT2D eigenvalue weighted by atomic mass is 9.92. The summed E-state index contributed by atoms with van der Waals surface area (Å²) in [6.45, 7) is 6.68. The number of ether oxygens (including phenoxy) is 1. The first-order valence-electron chi connectivity index (χ1n) is 10.5. The highest BCUT2D eigenvalue weighted by atomic mass is 16.5. The monoisotopic (exact) mass is 434 g/mol. The number of benzene rings is 1. The number of nitrogens with one attached hydrogen (secondary N) is 1. The van der Waals surface area contributed by atoms with Gasteiger partial charge in [-0.1, -0.05) is 20.8 Å². The quantitative estimate of drug-likeness (QED) is 0.640. The fourth-order valence-corrected chi connectivity index (χ4v) is 3.36. The van der Waals surface area contributed by atoms with Crippen molar-refractivity contribution in [3.05, 3.63) is 54.5 Å². The van der Waals surface area contributed by atoms with Crippen molar-refractivity contribution in [2.45, 2.75) is 39.0 Å². The van der Waals surface area contributed by atoms with E-state index >= 15 is 0 Å². The van der Waals surface area contributed by atoms with E-state index in [1.165, 1.54) is 4.68 Å². The molecule has 1 aromatic carbocycles. The molecule has 0 radical (unpaired) electrons. The van der Waals surface area contributed by atoms with Gasteiger partial charge in [-0.15, -0.1) is 0 Å². The van der Waals surface area contributed by atoms with Gasteiger partial charge in [0, 0.05) is 42.5 Å². The van der Waals surface area contributed by atoms with E-state index < -0.39 is 0 Å². The lowest BCUT2D eigenvalue weighted by Gasteiger charge is -2.16. The van der Waals surface area contributed by atoms with Crippen LogP contribution in [-0.2, 0) is 15.0 Å². The van der Waals surface area contributed by atoms with Gasteiger partial charge < -0.3 is 15.0 Å². The third kappa shape index (κ3) is 4.77. The second-order valence-corrected chi connectivity index (χ2v) is 8.61. The van der Waals surface area contributed by atoms with Crippen molar-refractivity contribution in [1.29, 1.82) is 0 Å². The Labute approximate surface area is 186 Å². The zero-order valence-electron chi connectivity index (χ0n) is 18.4. The lowest BCUT2D eigenvalue weighted by molar-refractivity contribution is -0.118. The summed E-state index contributed by atoms with van der Waals surface area (Å²) >= 11 is 0. The first kappa shape index (κ1) is 21.5. The number of hydrogen-bond donors (Lipinski definition) is 1. The minimum Gasteiger partial charge on any atom is -0.484 e. The van der Waals surface area contributed by atoms with Gasteiger partial charge in [0.15, 0.2) is 6.61 Å². The molecule has 1 fully saturated rings. The van der Waals surface area contributed by atoms with Crippen LogP contribution < -0.4 is 15.0 Å². The summed E-state index contributed by atoms with van der Waals surface area (Å²) < 4.78 is 7.14. The van der Waals surface area contributed by atoms with E-state index in [4.69, 9.17) is 4.74 Å². The third-order valence-electron chi connectivity index (χ3n) is 5.08. The van der Waals surface area contributed by atoms with Crippen LogP contribution in [0.5, 0.6) is 5.75 Å². The van der Waals surface area contributed by atoms with E-state index in [2.05, 4.69) is 20.4 Å². The Morgan fingerprint density at radius 3 is 2.50 bits per heavy atom. The summed E-state index contributed by atoms with van der Waals surface area (Å²) in [5, 5.41) is 7.42. The standard InChI is InChI=1S/C23H26N6O3/c1-23(2,3)18-14-19(29(27-18)22-24-11-5-12-25-22)26-20(30)15-32-17-9-7-16(8-10-17)28-13-4-6-21(28)31/h5,7-12,14H,4,6,13,15H2,1-3H3,(H,26,30). The van der Waals surface area contributed by atoms with E-state index in [9.17, 15) is 9.59 Å². The molecule has 3 heterocycles. The second kappa shape index (κ2) is 8.78. The SMILES string of the molecule is CC(C)(C)c1cc(NC(=O)COc2ccc(N3CCCC3=O)cc2)n(-c2ncccn2)n1. The molecular weight excluding hydrogens is 408 g/mol. The molecule has 9 heteroatoms. The second-order valence-electron chi connectivity index (χ2n) is 8.61. The van der Waals surface area contributed by atoms with Crippen LogP contribution in [-0.4, -0.2) is 44.7 Å². The maximum Gasteiger partial charge on any atom is 0.263 e. The summed E-state index contributed by atoms with van der Waals surface area (Å²) in [7, 11) is 0. The first-order valence-corrected chi connectivity index (χ1v) is 10.5. The average molecular weight is 435 g/mol. The summed E-state index contributed by atoms with van der Waals surface area (Å²) in [4.78, 5) is 34.7. The molecular formula is C23H26N6O3. The smallest absolute Gasteiger partial charge is 0.263 e. The van der Waals surface area contributed by atoms with Crippen LogP contribution in [0, 0.1) is 0 Å². The molecule has 1 aliphatic heterocycles. The zero-order chi connectivity index (χ0) is 22.7. The predicted molar refractivity (Wildman–Crippen MR) is 120 cm³/mol. The Balaban J connectivity index is 1.43. The van der Waals surface area contributed by atoms with Gasteiger partial charge in [-0.2, -0.15) is 9.78 Å². The Kier molecular flexibility index (Phi) is 5.89. The average Bonchev–Trinajstić information content (AvgIpc) is 3.39. The van der Waals surface area contributed by atoms with E-state index in [0.717, 1.165) is 24.3 Å². The highest BCUT2D eigenvalue weighted by molar-refractivity contribution is 5.95. The number of carbonyl (C=O) groups excluding carboxylic acids is 2. The van der Waals surface area contributed by atoms with Gasteiger partial charge in [0.05, 0.1) is 5.69 Å². The maximum absolute atomic E-state index is 12.6. The number of carbonyl (C=O) groups is 2. The molecule has 1 aliphatic rings. The summed E-state index contributed by atoms with van der Waals surface area (Å²) in [6, 6.07) is 10.7. The molecule has 3 aromatic rings. The Morgan fingerprint density at radius 2 is 1.88 bits per heavy atom. The Hall–Kier alpha value is -3.75. The third-order valence-corrected chi connectivity index (χ3v) is 5.08. The van der Waals surface area contributed by atoms with Crippen molar-refractivity contribution in [2.75, 3.05) is 23.4 Å². The van der Waals surface area contributed by atoms with Gasteiger partial charge in [0.2, 0.25) is 5.91 Å². The minimum absolute atomic E-state index is 0.131. The predicted octanol–water partition coefficient (Wildman–Crippen LogP) is 3.10. The van der Waals surface area contributed by atoms with Crippen molar-refractivity contribution in [1.82, 2.24) is 19.7 Å². The number of rotatable bonds is 6. The van der Waals surface area contributed by atoms with Crippen molar-refractivity contribution < 1.29 is 14.3 Å².